The van der Waals surface area contributed by atoms with Gasteiger partial charge in [0.25, 0.3) is 5.69 Å². The molecule has 0 unspecified atom stereocenters. The molecule has 0 radical (unpaired) electrons. The highest BCUT2D eigenvalue weighted by molar-refractivity contribution is 5.89. The molecule has 0 aliphatic carbocycles. The summed E-state index contributed by atoms with van der Waals surface area (Å²) in [6, 6.07) is 20.6. The molecule has 0 aromatic heterocycles. The number of benzene rings is 3. The van der Waals surface area contributed by atoms with Crippen LogP contribution in [-0.2, 0) is 16.1 Å². The fraction of sp³-hybridized carbons (Fsp3) is 0.0909. The number of hydrogen-bond donors (Lipinski definition) is 0. The van der Waals surface area contributed by atoms with E-state index in [1.165, 1.54) is 48.5 Å². The van der Waals surface area contributed by atoms with Gasteiger partial charge in [-0.25, -0.2) is 9.59 Å². The van der Waals surface area contributed by atoms with Crippen LogP contribution < -0.4 is 9.47 Å². The quantitative estimate of drug-likeness (QED) is 0.241. The Balaban J connectivity index is 1.46. The number of nitro benzene ring substituents is 1. The van der Waals surface area contributed by atoms with Gasteiger partial charge in [0.15, 0.2) is 6.61 Å². The molecule has 3 aromatic carbocycles. The zero-order valence-electron chi connectivity index (χ0n) is 15.7. The molecule has 0 spiro atoms. The second-order valence-electron chi connectivity index (χ2n) is 6.10. The molecule has 0 N–H and O–H groups in total. The van der Waals surface area contributed by atoms with Crippen molar-refractivity contribution in [3.05, 3.63) is 100 Å². The van der Waals surface area contributed by atoms with Gasteiger partial charge in [0, 0.05) is 12.1 Å². The second-order valence-corrected chi connectivity index (χ2v) is 6.10. The van der Waals surface area contributed by atoms with E-state index in [0.29, 0.717) is 11.3 Å². The third-order valence-electron chi connectivity index (χ3n) is 3.94. The highest BCUT2D eigenvalue weighted by Crippen LogP contribution is 2.18. The molecule has 0 aliphatic heterocycles. The predicted octanol–water partition coefficient (Wildman–Crippen LogP) is 3.94. The summed E-state index contributed by atoms with van der Waals surface area (Å²) in [6.45, 7) is -0.213. The molecular weight excluding hydrogens is 390 g/mol. The van der Waals surface area contributed by atoms with Crippen LogP contribution in [0.3, 0.4) is 0 Å². The molecule has 0 saturated heterocycles. The molecule has 8 nitrogen and oxygen atoms in total. The molecule has 30 heavy (non-hydrogen) atoms. The molecule has 0 amide bonds. The number of non-ortho nitro benzene ring substituents is 1. The van der Waals surface area contributed by atoms with Crippen LogP contribution in [0.2, 0.25) is 0 Å². The van der Waals surface area contributed by atoms with Crippen LogP contribution in [0.15, 0.2) is 78.9 Å². The van der Waals surface area contributed by atoms with E-state index in [1.807, 2.05) is 30.3 Å². The Bertz CT molecular complexity index is 1020. The molecule has 0 fully saturated rings. The molecule has 0 atom stereocenters. The van der Waals surface area contributed by atoms with Gasteiger partial charge in [0.05, 0.1) is 10.5 Å². The maximum Gasteiger partial charge on any atom is 0.349 e. The number of rotatable bonds is 8. The number of carbonyl (C=O) groups is 2. The summed E-state index contributed by atoms with van der Waals surface area (Å²) < 4.78 is 15.6. The topological polar surface area (TPSA) is 105 Å². The summed E-state index contributed by atoms with van der Waals surface area (Å²) in [4.78, 5) is 34.1. The molecule has 0 heterocycles. The Morgan fingerprint density at radius 2 is 1.47 bits per heavy atom. The fourth-order valence-electron chi connectivity index (χ4n) is 2.43. The maximum atomic E-state index is 12.1. The summed E-state index contributed by atoms with van der Waals surface area (Å²) in [6.07, 6.45) is 0. The first-order valence-electron chi connectivity index (χ1n) is 8.90. The van der Waals surface area contributed by atoms with Crippen LogP contribution >= 0.6 is 0 Å². The first-order chi connectivity index (χ1) is 14.5. The zero-order chi connectivity index (χ0) is 21.3. The lowest BCUT2D eigenvalue weighted by atomic mass is 10.2. The molecule has 3 rings (SSSR count). The van der Waals surface area contributed by atoms with Crippen molar-refractivity contribution in [2.75, 3.05) is 6.61 Å². The van der Waals surface area contributed by atoms with E-state index in [0.717, 1.165) is 5.56 Å². The van der Waals surface area contributed by atoms with Crippen molar-refractivity contribution in [1.29, 1.82) is 0 Å². The lowest BCUT2D eigenvalue weighted by molar-refractivity contribution is -0.384. The van der Waals surface area contributed by atoms with Crippen molar-refractivity contribution in [2.24, 2.45) is 0 Å². The number of esters is 2. The summed E-state index contributed by atoms with van der Waals surface area (Å²) in [5.41, 5.74) is 1.13. The third-order valence-corrected chi connectivity index (χ3v) is 3.94. The highest BCUT2D eigenvalue weighted by Gasteiger charge is 2.11. The Labute approximate surface area is 171 Å². The molecule has 0 bridgehead atoms. The van der Waals surface area contributed by atoms with Gasteiger partial charge in [-0.15, -0.1) is 0 Å². The third kappa shape index (κ3) is 5.90. The number of ether oxygens (including phenoxy) is 3. The number of hydrogen-bond acceptors (Lipinski definition) is 7. The molecule has 3 aromatic rings. The van der Waals surface area contributed by atoms with Crippen molar-refractivity contribution < 1.29 is 28.7 Å². The lowest BCUT2D eigenvalue weighted by Crippen LogP contribution is -2.17. The monoisotopic (exact) mass is 407 g/mol. The average molecular weight is 407 g/mol. The minimum atomic E-state index is -0.659. The van der Waals surface area contributed by atoms with Crippen molar-refractivity contribution in [1.82, 2.24) is 0 Å². The van der Waals surface area contributed by atoms with Gasteiger partial charge in [-0.05, 0) is 42.0 Å². The number of nitro groups is 1. The Morgan fingerprint density at radius 1 is 0.833 bits per heavy atom. The molecule has 152 valence electrons. The second kappa shape index (κ2) is 9.83. The Kier molecular flexibility index (Phi) is 6.73. The summed E-state index contributed by atoms with van der Waals surface area (Å²) in [5.74, 6) is -0.605. The summed E-state index contributed by atoms with van der Waals surface area (Å²) >= 11 is 0. The number of carbonyl (C=O) groups excluding carboxylic acids is 2. The molecule has 0 saturated carbocycles. The van der Waals surface area contributed by atoms with Gasteiger partial charge in [-0.3, -0.25) is 10.1 Å². The standard InChI is InChI=1S/C22H17NO7/c24-21(15-28-19-12-8-18(9-13-19)23(26)27)30-20-10-6-17(7-11-20)22(25)29-14-16-4-2-1-3-5-16/h1-13H,14-15H2. The minimum Gasteiger partial charge on any atom is -0.482 e. The van der Waals surface area contributed by atoms with E-state index >= 15 is 0 Å². The maximum absolute atomic E-state index is 12.1. The first kappa shape index (κ1) is 20.5. The minimum absolute atomic E-state index is 0.0766. The van der Waals surface area contributed by atoms with E-state index in [9.17, 15) is 19.7 Å². The number of nitrogens with zero attached hydrogens (tertiary/aromatic N) is 1. The van der Waals surface area contributed by atoms with Crippen LogP contribution in [-0.4, -0.2) is 23.5 Å². The van der Waals surface area contributed by atoms with E-state index in [2.05, 4.69) is 0 Å². The van der Waals surface area contributed by atoms with E-state index in [1.54, 1.807) is 0 Å². The van der Waals surface area contributed by atoms with Gasteiger partial charge >= 0.3 is 11.9 Å². The fourth-order valence-corrected chi connectivity index (χ4v) is 2.43. The van der Waals surface area contributed by atoms with Crippen molar-refractivity contribution in [3.63, 3.8) is 0 Å². The predicted molar refractivity (Wildman–Crippen MR) is 106 cm³/mol. The SMILES string of the molecule is O=C(COc1ccc([N+](=O)[O-])cc1)Oc1ccc(C(=O)OCc2ccccc2)cc1. The smallest absolute Gasteiger partial charge is 0.349 e. The average Bonchev–Trinajstić information content (AvgIpc) is 2.77. The van der Waals surface area contributed by atoms with E-state index in [-0.39, 0.29) is 24.7 Å². The largest absolute Gasteiger partial charge is 0.482 e. The van der Waals surface area contributed by atoms with E-state index < -0.39 is 16.9 Å². The molecule has 0 aliphatic rings. The van der Waals surface area contributed by atoms with Crippen molar-refractivity contribution in [3.8, 4) is 11.5 Å². The first-order valence-corrected chi connectivity index (χ1v) is 8.90. The molecule has 8 heteroatoms. The highest BCUT2D eigenvalue weighted by atomic mass is 16.6. The zero-order valence-corrected chi connectivity index (χ0v) is 15.7. The van der Waals surface area contributed by atoms with Crippen molar-refractivity contribution >= 4 is 17.6 Å². The molecular formula is C22H17NO7. The van der Waals surface area contributed by atoms with Crippen LogP contribution in [0.25, 0.3) is 0 Å². The van der Waals surface area contributed by atoms with Crippen LogP contribution in [0, 0.1) is 10.1 Å². The van der Waals surface area contributed by atoms with Gasteiger partial charge in [-0.2, -0.15) is 0 Å². The Morgan fingerprint density at radius 3 is 2.10 bits per heavy atom. The van der Waals surface area contributed by atoms with Gasteiger partial charge in [0.2, 0.25) is 0 Å². The van der Waals surface area contributed by atoms with Crippen molar-refractivity contribution in [2.45, 2.75) is 6.61 Å². The van der Waals surface area contributed by atoms with Gasteiger partial charge in [0.1, 0.15) is 18.1 Å². The van der Waals surface area contributed by atoms with Crippen LogP contribution in [0.1, 0.15) is 15.9 Å². The van der Waals surface area contributed by atoms with Gasteiger partial charge in [-0.1, -0.05) is 30.3 Å². The summed E-state index contributed by atoms with van der Waals surface area (Å²) in [7, 11) is 0. The summed E-state index contributed by atoms with van der Waals surface area (Å²) in [5, 5.41) is 10.6. The Hall–Kier alpha value is -4.20. The van der Waals surface area contributed by atoms with Crippen LogP contribution in [0.4, 0.5) is 5.69 Å². The van der Waals surface area contributed by atoms with Gasteiger partial charge < -0.3 is 14.2 Å². The normalized spacial score (nSPS) is 10.1. The van der Waals surface area contributed by atoms with E-state index in [4.69, 9.17) is 14.2 Å². The lowest BCUT2D eigenvalue weighted by Gasteiger charge is -2.08. The van der Waals surface area contributed by atoms with Crippen LogP contribution in [0.5, 0.6) is 11.5 Å².